The number of thiazole rings is 1. The number of anilines is 1. The van der Waals surface area contributed by atoms with E-state index in [1.165, 1.54) is 11.3 Å². The molecule has 2 amide bonds. The second-order valence-corrected chi connectivity index (χ2v) is 10.8. The zero-order valence-electron chi connectivity index (χ0n) is 18.9. The van der Waals surface area contributed by atoms with Crippen LogP contribution >= 0.6 is 39.0 Å². The number of hydrogen-bond acceptors (Lipinski definition) is 6. The third-order valence-electron chi connectivity index (χ3n) is 4.64. The maximum Gasteiger partial charge on any atom is 0.248 e. The third-order valence-corrected chi connectivity index (χ3v) is 7.24. The fourth-order valence-electron chi connectivity index (χ4n) is 3.11. The van der Waals surface area contributed by atoms with Gasteiger partial charge in [-0.05, 0) is 48.4 Å². The van der Waals surface area contributed by atoms with Gasteiger partial charge in [0.15, 0.2) is 5.13 Å². The standard InChI is InChI=1S/C24H24BrF2N3O3S2/c1-2-3-20(29-21(31)12-15-10-17(26)13-18(27)11-15)23(32)30-24-28-14-22(35-24)34-9-8-33-19-6-4-16(25)5-7-19/h4-7,10-11,13-14,20H,2-3,8-9,12H2,1H3,(H,29,31)(H,28,30,32). The maximum absolute atomic E-state index is 13.4. The fraction of sp³-hybridized carbons (Fsp3) is 0.292. The van der Waals surface area contributed by atoms with Crippen LogP contribution in [0.3, 0.4) is 0 Å². The van der Waals surface area contributed by atoms with Gasteiger partial charge < -0.3 is 15.4 Å². The largest absolute Gasteiger partial charge is 0.493 e. The zero-order chi connectivity index (χ0) is 25.2. The van der Waals surface area contributed by atoms with Gasteiger partial charge in [-0.2, -0.15) is 0 Å². The SMILES string of the molecule is CCCC(NC(=O)Cc1cc(F)cc(F)c1)C(=O)Nc1ncc(SCCOc2ccc(Br)cc2)s1. The first-order valence-electron chi connectivity index (χ1n) is 10.8. The van der Waals surface area contributed by atoms with Crippen LogP contribution in [-0.2, 0) is 16.0 Å². The third kappa shape index (κ3) is 9.23. The summed E-state index contributed by atoms with van der Waals surface area (Å²) in [5, 5.41) is 5.82. The first-order chi connectivity index (χ1) is 16.8. The van der Waals surface area contributed by atoms with Gasteiger partial charge in [0.1, 0.15) is 23.4 Å². The molecule has 2 aromatic carbocycles. The Morgan fingerprint density at radius 3 is 2.57 bits per heavy atom. The minimum Gasteiger partial charge on any atom is -0.493 e. The van der Waals surface area contributed by atoms with Crippen molar-refractivity contribution < 1.29 is 23.1 Å². The quantitative estimate of drug-likeness (QED) is 0.207. The summed E-state index contributed by atoms with van der Waals surface area (Å²) in [6.45, 7) is 2.41. The molecule has 0 aliphatic rings. The van der Waals surface area contributed by atoms with Crippen molar-refractivity contribution in [1.82, 2.24) is 10.3 Å². The van der Waals surface area contributed by atoms with Crippen molar-refractivity contribution >= 4 is 56.0 Å². The van der Waals surface area contributed by atoms with Crippen molar-refractivity contribution in [1.29, 1.82) is 0 Å². The Kier molecular flexibility index (Phi) is 10.5. The second kappa shape index (κ2) is 13.6. The van der Waals surface area contributed by atoms with Gasteiger partial charge in [-0.3, -0.25) is 9.59 Å². The van der Waals surface area contributed by atoms with Crippen molar-refractivity contribution in [2.75, 3.05) is 17.7 Å². The molecule has 35 heavy (non-hydrogen) atoms. The Balaban J connectivity index is 1.47. The maximum atomic E-state index is 13.4. The van der Waals surface area contributed by atoms with Crippen LogP contribution in [0.15, 0.2) is 57.3 Å². The van der Waals surface area contributed by atoms with Gasteiger partial charge in [0.25, 0.3) is 0 Å². The lowest BCUT2D eigenvalue weighted by Gasteiger charge is -2.17. The first kappa shape index (κ1) is 27.1. The molecule has 0 aliphatic carbocycles. The number of aromatic nitrogens is 1. The topological polar surface area (TPSA) is 80.3 Å². The van der Waals surface area contributed by atoms with Gasteiger partial charge in [0.2, 0.25) is 11.8 Å². The number of carbonyl (C=O) groups is 2. The van der Waals surface area contributed by atoms with Gasteiger partial charge in [-0.1, -0.05) is 40.6 Å². The summed E-state index contributed by atoms with van der Waals surface area (Å²) in [5.74, 6) is -0.903. The Morgan fingerprint density at radius 1 is 1.17 bits per heavy atom. The average Bonchev–Trinajstić information content (AvgIpc) is 3.24. The van der Waals surface area contributed by atoms with E-state index in [9.17, 15) is 18.4 Å². The van der Waals surface area contributed by atoms with Crippen LogP contribution in [0.5, 0.6) is 5.75 Å². The van der Waals surface area contributed by atoms with Crippen molar-refractivity contribution in [3.63, 3.8) is 0 Å². The molecule has 6 nitrogen and oxygen atoms in total. The summed E-state index contributed by atoms with van der Waals surface area (Å²) in [4.78, 5) is 29.4. The molecule has 11 heteroatoms. The number of nitrogens with one attached hydrogen (secondary N) is 2. The summed E-state index contributed by atoms with van der Waals surface area (Å²) in [5.41, 5.74) is 0.196. The molecule has 0 saturated heterocycles. The molecular weight excluding hydrogens is 560 g/mol. The Labute approximate surface area is 219 Å². The second-order valence-electron chi connectivity index (χ2n) is 7.49. The van der Waals surface area contributed by atoms with E-state index >= 15 is 0 Å². The van der Waals surface area contributed by atoms with Crippen LogP contribution in [0.2, 0.25) is 0 Å². The van der Waals surface area contributed by atoms with Crippen LogP contribution in [0, 0.1) is 11.6 Å². The van der Waals surface area contributed by atoms with Crippen molar-refractivity contribution in [3.8, 4) is 5.75 Å². The molecule has 186 valence electrons. The first-order valence-corrected chi connectivity index (χ1v) is 13.4. The normalized spacial score (nSPS) is 11.7. The van der Waals surface area contributed by atoms with Crippen LogP contribution in [0.1, 0.15) is 25.3 Å². The van der Waals surface area contributed by atoms with Gasteiger partial charge in [0.05, 0.1) is 23.4 Å². The van der Waals surface area contributed by atoms with E-state index in [-0.39, 0.29) is 12.0 Å². The average molecular weight is 585 g/mol. The number of ether oxygens (including phenoxy) is 1. The molecule has 0 saturated carbocycles. The smallest absolute Gasteiger partial charge is 0.248 e. The highest BCUT2D eigenvalue weighted by Gasteiger charge is 2.21. The van der Waals surface area contributed by atoms with Gasteiger partial charge in [-0.25, -0.2) is 13.8 Å². The number of carbonyl (C=O) groups excluding carboxylic acids is 2. The molecule has 2 N–H and O–H groups in total. The summed E-state index contributed by atoms with van der Waals surface area (Å²) in [6.07, 6.45) is 2.51. The molecule has 1 unspecified atom stereocenters. The number of hydrogen-bond donors (Lipinski definition) is 2. The van der Waals surface area contributed by atoms with Gasteiger partial charge in [-0.15, -0.1) is 11.8 Å². The highest BCUT2D eigenvalue weighted by Crippen LogP contribution is 2.28. The monoisotopic (exact) mass is 583 g/mol. The molecule has 1 heterocycles. The highest BCUT2D eigenvalue weighted by molar-refractivity contribution is 9.10. The summed E-state index contributed by atoms with van der Waals surface area (Å²) in [6, 6.07) is 9.74. The summed E-state index contributed by atoms with van der Waals surface area (Å²) in [7, 11) is 0. The summed E-state index contributed by atoms with van der Waals surface area (Å²) >= 11 is 6.28. The molecule has 1 atom stereocenters. The Morgan fingerprint density at radius 2 is 1.89 bits per heavy atom. The fourth-order valence-corrected chi connectivity index (χ4v) is 5.15. The number of thioether (sulfide) groups is 1. The van der Waals surface area contributed by atoms with E-state index < -0.39 is 29.5 Å². The van der Waals surface area contributed by atoms with E-state index in [1.807, 2.05) is 31.2 Å². The van der Waals surface area contributed by atoms with E-state index in [4.69, 9.17) is 4.74 Å². The van der Waals surface area contributed by atoms with Crippen molar-refractivity contribution in [2.24, 2.45) is 0 Å². The molecule has 1 aromatic heterocycles. The number of nitrogens with zero attached hydrogens (tertiary/aromatic N) is 1. The molecule has 3 aromatic rings. The highest BCUT2D eigenvalue weighted by atomic mass is 79.9. The number of rotatable bonds is 12. The molecule has 0 fully saturated rings. The molecular formula is C24H24BrF2N3O3S2. The molecule has 3 rings (SSSR count). The predicted octanol–water partition coefficient (Wildman–Crippen LogP) is 5.82. The van der Waals surface area contributed by atoms with Gasteiger partial charge in [0, 0.05) is 16.3 Å². The number of halogens is 3. The minimum atomic E-state index is -0.787. The lowest BCUT2D eigenvalue weighted by Crippen LogP contribution is -2.44. The van der Waals surface area contributed by atoms with E-state index in [0.29, 0.717) is 30.3 Å². The number of benzene rings is 2. The van der Waals surface area contributed by atoms with Crippen molar-refractivity contribution in [2.45, 2.75) is 36.4 Å². The molecule has 0 radical (unpaired) electrons. The van der Waals surface area contributed by atoms with E-state index in [1.54, 1.807) is 18.0 Å². The minimum absolute atomic E-state index is 0.196. The lowest BCUT2D eigenvalue weighted by molar-refractivity contribution is -0.126. The van der Waals surface area contributed by atoms with Crippen molar-refractivity contribution in [3.05, 3.63) is 70.3 Å². The lowest BCUT2D eigenvalue weighted by atomic mass is 10.1. The Hall–Kier alpha value is -2.50. The van der Waals surface area contributed by atoms with Gasteiger partial charge >= 0.3 is 0 Å². The van der Waals surface area contributed by atoms with E-state index in [0.717, 1.165) is 32.6 Å². The molecule has 0 aliphatic heterocycles. The van der Waals surface area contributed by atoms with E-state index in [2.05, 4.69) is 31.5 Å². The zero-order valence-corrected chi connectivity index (χ0v) is 22.1. The molecule has 0 bridgehead atoms. The van der Waals surface area contributed by atoms with Crippen LogP contribution in [-0.4, -0.2) is 35.2 Å². The molecule has 0 spiro atoms. The Bertz CT molecular complexity index is 1130. The predicted molar refractivity (Wildman–Crippen MR) is 138 cm³/mol. The number of amides is 2. The van der Waals surface area contributed by atoms with Crippen LogP contribution in [0.25, 0.3) is 0 Å². The van der Waals surface area contributed by atoms with Crippen LogP contribution < -0.4 is 15.4 Å². The van der Waals surface area contributed by atoms with Crippen LogP contribution in [0.4, 0.5) is 13.9 Å². The summed E-state index contributed by atoms with van der Waals surface area (Å²) < 4.78 is 34.3.